The maximum Gasteiger partial charge on any atom is 0.164 e. The van der Waals surface area contributed by atoms with E-state index >= 15 is 0 Å². The molecule has 0 atom stereocenters. The Kier molecular flexibility index (Phi) is 6.42. The van der Waals surface area contributed by atoms with E-state index in [9.17, 15) is 0 Å². The molecule has 0 saturated heterocycles. The third-order valence-corrected chi connectivity index (χ3v) is 10.9. The van der Waals surface area contributed by atoms with Gasteiger partial charge >= 0.3 is 0 Å². The van der Waals surface area contributed by atoms with E-state index in [0.717, 1.165) is 55.6 Å². The van der Waals surface area contributed by atoms with Crippen molar-refractivity contribution >= 4 is 21.9 Å². The lowest BCUT2D eigenvalue weighted by Crippen LogP contribution is -2.27. The zero-order valence-electron chi connectivity index (χ0n) is 27.2. The molecule has 2 aliphatic rings. The van der Waals surface area contributed by atoms with Crippen LogP contribution in [0.1, 0.15) is 43.2 Å². The van der Waals surface area contributed by atoms with Crippen LogP contribution in [-0.4, -0.2) is 9.97 Å². The number of nitrogens with zero attached hydrogens (tertiary/aromatic N) is 2. The molecule has 1 saturated carbocycles. The van der Waals surface area contributed by atoms with Gasteiger partial charge in [-0.15, -0.1) is 0 Å². The fraction of sp³-hybridized carbons (Fsp3) is 0.130. The molecule has 8 aromatic rings. The van der Waals surface area contributed by atoms with Crippen LogP contribution in [0.25, 0.3) is 78.1 Å². The molecule has 0 radical (unpaired) electrons. The summed E-state index contributed by atoms with van der Waals surface area (Å²) >= 11 is 0. The average molecular weight is 631 g/mol. The van der Waals surface area contributed by atoms with E-state index in [1.165, 1.54) is 59.9 Å². The van der Waals surface area contributed by atoms with Gasteiger partial charge < -0.3 is 4.42 Å². The first-order chi connectivity index (χ1) is 24.3. The molecule has 1 fully saturated rings. The Labute approximate surface area is 285 Å². The summed E-state index contributed by atoms with van der Waals surface area (Å²) in [5.41, 5.74) is 14.7. The van der Waals surface area contributed by atoms with Gasteiger partial charge in [0, 0.05) is 32.9 Å². The van der Waals surface area contributed by atoms with Gasteiger partial charge in [-0.05, 0) is 52.8 Å². The van der Waals surface area contributed by atoms with Gasteiger partial charge in [-0.25, -0.2) is 9.97 Å². The Morgan fingerprint density at radius 3 is 1.67 bits per heavy atom. The summed E-state index contributed by atoms with van der Waals surface area (Å²) < 4.78 is 7.02. The number of furan rings is 1. The molecule has 2 aliphatic carbocycles. The predicted octanol–water partition coefficient (Wildman–Crippen LogP) is 12.3. The number of aromatic nitrogens is 2. The largest absolute Gasteiger partial charge is 0.455 e. The average Bonchev–Trinajstić information content (AvgIpc) is 3.69. The van der Waals surface area contributed by atoms with Crippen molar-refractivity contribution in [3.63, 3.8) is 0 Å². The third-order valence-electron chi connectivity index (χ3n) is 10.9. The van der Waals surface area contributed by atoms with Gasteiger partial charge in [0.05, 0.1) is 17.0 Å². The highest BCUT2D eigenvalue weighted by Gasteiger charge is 2.44. The molecule has 234 valence electrons. The van der Waals surface area contributed by atoms with Crippen LogP contribution in [0, 0.1) is 0 Å². The van der Waals surface area contributed by atoms with Gasteiger partial charge in [0.2, 0.25) is 0 Å². The molecule has 0 amide bonds. The molecular formula is C46H34N2O. The first-order valence-corrected chi connectivity index (χ1v) is 17.5. The van der Waals surface area contributed by atoms with Crippen LogP contribution in [0.2, 0.25) is 0 Å². The van der Waals surface area contributed by atoms with Crippen LogP contribution in [0.5, 0.6) is 0 Å². The molecule has 10 rings (SSSR count). The van der Waals surface area contributed by atoms with Crippen molar-refractivity contribution in [2.75, 3.05) is 0 Å². The highest BCUT2D eigenvalue weighted by molar-refractivity contribution is 6.14. The molecule has 0 N–H and O–H groups in total. The number of hydrogen-bond donors (Lipinski definition) is 0. The van der Waals surface area contributed by atoms with Crippen LogP contribution in [0.15, 0.2) is 150 Å². The van der Waals surface area contributed by atoms with Crippen LogP contribution < -0.4 is 0 Å². The number of hydrogen-bond acceptors (Lipinski definition) is 3. The van der Waals surface area contributed by atoms with Crippen molar-refractivity contribution in [3.05, 3.63) is 157 Å². The van der Waals surface area contributed by atoms with E-state index < -0.39 is 0 Å². The van der Waals surface area contributed by atoms with E-state index in [1.54, 1.807) is 0 Å². The normalized spacial score (nSPS) is 14.7. The zero-order valence-corrected chi connectivity index (χ0v) is 27.2. The second kappa shape index (κ2) is 11.1. The lowest BCUT2D eigenvalue weighted by molar-refractivity contribution is 0.353. The first kappa shape index (κ1) is 28.2. The highest BCUT2D eigenvalue weighted by Crippen LogP contribution is 2.58. The monoisotopic (exact) mass is 630 g/mol. The molecule has 3 nitrogen and oxygen atoms in total. The third kappa shape index (κ3) is 4.35. The van der Waals surface area contributed by atoms with Crippen molar-refractivity contribution in [1.29, 1.82) is 0 Å². The molecule has 2 heterocycles. The van der Waals surface area contributed by atoms with Gasteiger partial charge in [0.1, 0.15) is 11.2 Å². The van der Waals surface area contributed by atoms with Crippen molar-refractivity contribution < 1.29 is 4.42 Å². The van der Waals surface area contributed by atoms with E-state index in [0.29, 0.717) is 5.82 Å². The second-order valence-electron chi connectivity index (χ2n) is 13.6. The van der Waals surface area contributed by atoms with E-state index in [-0.39, 0.29) is 5.41 Å². The van der Waals surface area contributed by atoms with Crippen LogP contribution >= 0.6 is 0 Å². The molecule has 6 aromatic carbocycles. The molecule has 2 aromatic heterocycles. The van der Waals surface area contributed by atoms with Gasteiger partial charge in [-0.1, -0.05) is 153 Å². The van der Waals surface area contributed by atoms with Gasteiger partial charge in [0.15, 0.2) is 5.82 Å². The Morgan fingerprint density at radius 2 is 0.980 bits per heavy atom. The van der Waals surface area contributed by atoms with Crippen molar-refractivity contribution in [2.24, 2.45) is 0 Å². The zero-order chi connectivity index (χ0) is 32.4. The standard InChI is InChI=1S/C46H34N2O/c1-4-15-30(16-5-1)40-29-41(31-17-6-2-7-18-31)48-45(47-40)37-24-13-23-35-34-22-12-21-33(43(34)49-44(35)37)32-20-14-26-39-42(32)36-19-8-9-25-38(36)46(39)27-10-3-11-28-46/h1-2,4-9,12-26,29H,3,10-11,27-28H2. The number of rotatable bonds is 4. The summed E-state index contributed by atoms with van der Waals surface area (Å²) in [4.78, 5) is 10.3. The summed E-state index contributed by atoms with van der Waals surface area (Å²) in [5.74, 6) is 0.653. The van der Waals surface area contributed by atoms with Crippen LogP contribution in [0.4, 0.5) is 0 Å². The molecule has 3 heteroatoms. The van der Waals surface area contributed by atoms with Crippen LogP contribution in [-0.2, 0) is 5.41 Å². The van der Waals surface area contributed by atoms with E-state index in [2.05, 4.69) is 133 Å². The quantitative estimate of drug-likeness (QED) is 0.194. The van der Waals surface area contributed by atoms with E-state index in [4.69, 9.17) is 14.4 Å². The number of fused-ring (bicyclic) bond motifs is 8. The molecule has 49 heavy (non-hydrogen) atoms. The smallest absolute Gasteiger partial charge is 0.164 e. The number of benzene rings is 6. The molecule has 1 spiro atoms. The Morgan fingerprint density at radius 1 is 0.449 bits per heavy atom. The molecular weight excluding hydrogens is 597 g/mol. The van der Waals surface area contributed by atoms with Gasteiger partial charge in [0.25, 0.3) is 0 Å². The summed E-state index contributed by atoms with van der Waals surface area (Å²) in [7, 11) is 0. The maximum absolute atomic E-state index is 7.02. The summed E-state index contributed by atoms with van der Waals surface area (Å²) in [6.45, 7) is 0. The van der Waals surface area contributed by atoms with Crippen molar-refractivity contribution in [3.8, 4) is 56.2 Å². The minimum absolute atomic E-state index is 0.104. The summed E-state index contributed by atoms with van der Waals surface area (Å²) in [5, 5.41) is 2.18. The van der Waals surface area contributed by atoms with Gasteiger partial charge in [-0.3, -0.25) is 0 Å². The maximum atomic E-state index is 7.02. The SMILES string of the molecule is c1ccc(-c2cc(-c3ccccc3)nc(-c3cccc4c3oc3c(-c5cccc6c5-c5ccccc5C65CCCCC5)cccc34)n2)cc1. The molecule has 0 bridgehead atoms. The fourth-order valence-electron chi connectivity index (χ4n) is 8.71. The Balaban J connectivity index is 1.19. The Hall–Kier alpha value is -5.80. The first-order valence-electron chi connectivity index (χ1n) is 17.5. The van der Waals surface area contributed by atoms with Crippen LogP contribution in [0.3, 0.4) is 0 Å². The Bertz CT molecular complexity index is 2470. The number of para-hydroxylation sites is 2. The van der Waals surface area contributed by atoms with Crippen molar-refractivity contribution in [2.45, 2.75) is 37.5 Å². The lowest BCUT2D eigenvalue weighted by atomic mass is 9.68. The molecule has 0 aliphatic heterocycles. The minimum atomic E-state index is 0.104. The topological polar surface area (TPSA) is 38.9 Å². The van der Waals surface area contributed by atoms with Gasteiger partial charge in [-0.2, -0.15) is 0 Å². The fourth-order valence-corrected chi connectivity index (χ4v) is 8.71. The second-order valence-corrected chi connectivity index (χ2v) is 13.6. The van der Waals surface area contributed by atoms with Crippen molar-refractivity contribution in [1.82, 2.24) is 9.97 Å². The molecule has 0 unspecified atom stereocenters. The minimum Gasteiger partial charge on any atom is -0.455 e. The lowest BCUT2D eigenvalue weighted by Gasteiger charge is -2.36. The van der Waals surface area contributed by atoms with E-state index in [1.807, 2.05) is 12.1 Å². The highest BCUT2D eigenvalue weighted by atomic mass is 16.3. The predicted molar refractivity (Wildman–Crippen MR) is 200 cm³/mol. The summed E-state index contributed by atoms with van der Waals surface area (Å²) in [6.07, 6.45) is 6.31. The summed E-state index contributed by atoms with van der Waals surface area (Å²) in [6, 6.07) is 51.8.